The molecule has 60 heavy (non-hydrogen) atoms. The maximum absolute atomic E-state index is 11.0. The standard InChI is InChI=1S/4C5H14O7P2.4Na.4H/c4*1-2-3-4-12-14(10,11)5(6)13(7,8)9;;;;;;;;/h4*5-6H,2-4H2,1H3,(H,10,11)(H2,7,8,9);;;;;;;;/q;;;;4*+1;4*-1. The van der Waals surface area contributed by atoms with Crippen LogP contribution in [0.1, 0.15) is 84.8 Å². The molecule has 0 bridgehead atoms. The molecule has 0 spiro atoms. The van der Waals surface area contributed by atoms with Crippen LogP contribution in [0.4, 0.5) is 0 Å². The van der Waals surface area contributed by atoms with Crippen molar-refractivity contribution in [3.8, 4) is 0 Å². The molecule has 0 aliphatic carbocycles. The average molecular weight is 1090 g/mol. The minimum Gasteiger partial charge on any atom is -1.00 e. The molecule has 0 rings (SSSR count). The van der Waals surface area contributed by atoms with Gasteiger partial charge in [-0.15, -0.1) is 0 Å². The van der Waals surface area contributed by atoms with Gasteiger partial charge in [-0.3, -0.25) is 36.5 Å². The van der Waals surface area contributed by atoms with Crippen LogP contribution in [0, 0.1) is 0 Å². The molecule has 16 N–H and O–H groups in total. The predicted octanol–water partition coefficient (Wildman–Crippen LogP) is -9.77. The van der Waals surface area contributed by atoms with Crippen molar-refractivity contribution in [2.24, 2.45) is 0 Å². The first-order valence-corrected chi connectivity index (χ1v) is 29.0. The van der Waals surface area contributed by atoms with Gasteiger partial charge in [0.15, 0.2) is 0 Å². The molecule has 0 aromatic carbocycles. The summed E-state index contributed by atoms with van der Waals surface area (Å²) in [5, 5.41) is 35.2. The minimum absolute atomic E-state index is 0. The average Bonchev–Trinajstić information content (AvgIpc) is 3.02. The Morgan fingerprint density at radius 1 is 0.333 bits per heavy atom. The summed E-state index contributed by atoms with van der Waals surface area (Å²) in [4.78, 5) is 103. The first kappa shape index (κ1) is 82.0. The second-order valence-corrected chi connectivity index (χ2v) is 26.5. The monoisotopic (exact) mass is 1090 g/mol. The van der Waals surface area contributed by atoms with Gasteiger partial charge >= 0.3 is 179 Å². The molecule has 0 aromatic rings. The van der Waals surface area contributed by atoms with Crippen LogP contribution in [0.3, 0.4) is 0 Å². The van der Waals surface area contributed by atoms with Gasteiger partial charge in [-0.05, 0) is 25.7 Å². The van der Waals surface area contributed by atoms with Crippen LogP contribution < -0.4 is 118 Å². The quantitative estimate of drug-likeness (QED) is 0.0242. The van der Waals surface area contributed by atoms with Crippen molar-refractivity contribution < 1.29 is 258 Å². The zero-order valence-electron chi connectivity index (χ0n) is 38.4. The fourth-order valence-corrected chi connectivity index (χ4v) is 11.4. The molecule has 0 heterocycles. The first-order valence-electron chi connectivity index (χ1n) is 15.7. The van der Waals surface area contributed by atoms with Crippen LogP contribution in [0.5, 0.6) is 0 Å². The molecule has 0 radical (unpaired) electrons. The summed E-state index contributed by atoms with van der Waals surface area (Å²) in [5.74, 6) is 0. The molecule has 0 aromatic heterocycles. The number of aliphatic hydroxyl groups excluding tert-OH is 4. The van der Waals surface area contributed by atoms with E-state index < -0.39 is 83.1 Å². The van der Waals surface area contributed by atoms with E-state index >= 15 is 0 Å². The largest absolute Gasteiger partial charge is 1.00 e. The van der Waals surface area contributed by atoms with Crippen molar-refractivity contribution in [1.82, 2.24) is 0 Å². The second kappa shape index (κ2) is 38.8. The van der Waals surface area contributed by atoms with Gasteiger partial charge in [-0.2, -0.15) is 0 Å². The zero-order chi connectivity index (χ0) is 45.6. The number of hydrogen-bond donors (Lipinski definition) is 16. The summed E-state index contributed by atoms with van der Waals surface area (Å²) in [6, 6.07) is 0. The Bertz CT molecular complexity index is 1290. The number of aliphatic hydroxyl groups is 4. The Labute approximate surface area is 441 Å². The molecule has 0 aliphatic heterocycles. The van der Waals surface area contributed by atoms with E-state index in [0.717, 1.165) is 0 Å². The summed E-state index contributed by atoms with van der Waals surface area (Å²) in [5.41, 5.74) is -10.6. The smallest absolute Gasteiger partial charge is 1.00 e. The van der Waals surface area contributed by atoms with Crippen molar-refractivity contribution in [2.75, 3.05) is 26.4 Å². The molecule has 28 nitrogen and oxygen atoms in total. The van der Waals surface area contributed by atoms with E-state index in [9.17, 15) is 36.5 Å². The fraction of sp³-hybridized carbons (Fsp3) is 1.00. The maximum atomic E-state index is 11.0. The van der Waals surface area contributed by atoms with Crippen LogP contribution in [0.25, 0.3) is 0 Å². The van der Waals surface area contributed by atoms with Crippen molar-refractivity contribution in [3.05, 3.63) is 0 Å². The van der Waals surface area contributed by atoms with Gasteiger partial charge in [0.25, 0.3) is 22.3 Å². The summed E-state index contributed by atoms with van der Waals surface area (Å²) in [6.07, 6.45) is 4.68. The molecule has 8 unspecified atom stereocenters. The van der Waals surface area contributed by atoms with Crippen LogP contribution in [0.15, 0.2) is 0 Å². The molecule has 0 aliphatic rings. The Morgan fingerprint density at radius 2 is 0.450 bits per heavy atom. The third-order valence-corrected chi connectivity index (χ3v) is 19.5. The first-order chi connectivity index (χ1) is 24.9. The van der Waals surface area contributed by atoms with Crippen LogP contribution in [-0.4, -0.2) is 128 Å². The molecular weight excluding hydrogens is 1030 g/mol. The fourth-order valence-electron chi connectivity index (χ4n) is 2.39. The SMILES string of the molecule is CCCCOP(=O)(O)C(O)P(=O)(O)O.CCCCOP(=O)(O)C(O)P(=O)(O)O.CCCCOP(=O)(O)C(O)P(=O)(O)O.CCCCOP(=O)(O)C(O)P(=O)(O)O.[H-].[H-].[H-].[H-].[Na+].[Na+].[Na+].[Na+]. The van der Waals surface area contributed by atoms with Gasteiger partial charge in [-0.25, -0.2) is 0 Å². The molecule has 0 amide bonds. The van der Waals surface area contributed by atoms with Crippen LogP contribution in [-0.2, 0) is 54.6 Å². The third kappa shape index (κ3) is 40.9. The summed E-state index contributed by atoms with van der Waals surface area (Å²) >= 11 is 0. The molecule has 0 saturated carbocycles. The molecule has 0 fully saturated rings. The van der Waals surface area contributed by atoms with Gasteiger partial charge in [0.2, 0.25) is 0 Å². The van der Waals surface area contributed by atoms with Gasteiger partial charge in [-0.1, -0.05) is 53.4 Å². The van der Waals surface area contributed by atoms with E-state index in [1.54, 1.807) is 0 Å². The Morgan fingerprint density at radius 3 is 0.533 bits per heavy atom. The topological polar surface area (TPSA) is 497 Å². The summed E-state index contributed by atoms with van der Waals surface area (Å²) < 4.78 is 103. The van der Waals surface area contributed by atoms with E-state index in [1.165, 1.54) is 0 Å². The Balaban J connectivity index is -0.0000000541. The van der Waals surface area contributed by atoms with E-state index in [1.807, 2.05) is 27.7 Å². The Hall–Kier alpha value is 5.04. The number of rotatable bonds is 24. The van der Waals surface area contributed by atoms with Crippen molar-refractivity contribution in [2.45, 2.75) is 101 Å². The third-order valence-electron chi connectivity index (χ3n) is 5.47. The van der Waals surface area contributed by atoms with E-state index in [-0.39, 0.29) is 150 Å². The van der Waals surface area contributed by atoms with Crippen molar-refractivity contribution >= 4 is 60.8 Å². The van der Waals surface area contributed by atoms with Gasteiger partial charge in [0.1, 0.15) is 0 Å². The second-order valence-electron chi connectivity index (χ2n) is 10.7. The van der Waals surface area contributed by atoms with Crippen molar-refractivity contribution in [1.29, 1.82) is 0 Å². The number of hydrogen-bond acceptors (Lipinski definition) is 16. The summed E-state index contributed by atoms with van der Waals surface area (Å²) in [7, 11) is -38.6. The summed E-state index contributed by atoms with van der Waals surface area (Å²) in [6.45, 7) is 6.75. The van der Waals surface area contributed by atoms with Crippen LogP contribution in [0.2, 0.25) is 0 Å². The molecule has 0 saturated heterocycles. The molecule has 352 valence electrons. The minimum atomic E-state index is -5.01. The van der Waals surface area contributed by atoms with Gasteiger partial charge in [0, 0.05) is 0 Å². The maximum Gasteiger partial charge on any atom is 1.00 e. The van der Waals surface area contributed by atoms with E-state index in [4.69, 9.17) is 79.1 Å². The molecule has 8 atom stereocenters. The van der Waals surface area contributed by atoms with E-state index in [0.29, 0.717) is 51.4 Å². The van der Waals surface area contributed by atoms with Crippen LogP contribution >= 0.6 is 60.8 Å². The molecular formula is C20H60Na4O28P8. The van der Waals surface area contributed by atoms with E-state index in [2.05, 4.69) is 18.1 Å². The van der Waals surface area contributed by atoms with Gasteiger partial charge < -0.3 is 103 Å². The predicted molar refractivity (Wildman–Crippen MR) is 199 cm³/mol. The molecule has 40 heteroatoms. The zero-order valence-corrected chi connectivity index (χ0v) is 49.6. The van der Waals surface area contributed by atoms with Crippen molar-refractivity contribution in [3.63, 3.8) is 0 Å². The normalized spacial score (nSPS) is 17.7. The van der Waals surface area contributed by atoms with Gasteiger partial charge in [0.05, 0.1) is 26.4 Å². The Kier molecular flexibility index (Phi) is 52.9. The number of unbranched alkanes of at least 4 members (excludes halogenated alkanes) is 4.